The van der Waals surface area contributed by atoms with Gasteiger partial charge in [0, 0.05) is 44.2 Å². The van der Waals surface area contributed by atoms with Gasteiger partial charge in [-0.1, -0.05) is 0 Å². The molecule has 2 saturated heterocycles. The first-order chi connectivity index (χ1) is 8.83. The van der Waals surface area contributed by atoms with Gasteiger partial charge in [0.2, 0.25) is 0 Å². The zero-order chi connectivity index (χ0) is 12.4. The molecule has 5 heteroatoms. The van der Waals surface area contributed by atoms with E-state index < -0.39 is 0 Å². The van der Waals surface area contributed by atoms with Crippen molar-refractivity contribution >= 4 is 0 Å². The fourth-order valence-electron chi connectivity index (χ4n) is 2.81. The molecule has 3 heterocycles. The van der Waals surface area contributed by atoms with Crippen LogP contribution in [0.4, 0.5) is 0 Å². The molecule has 1 aromatic rings. The van der Waals surface area contributed by atoms with Crippen molar-refractivity contribution in [3.63, 3.8) is 0 Å². The molecule has 1 aromatic heterocycles. The molecule has 0 amide bonds. The largest absolute Gasteiger partial charge is 0.381 e. The van der Waals surface area contributed by atoms with Crippen LogP contribution in [0, 0.1) is 6.92 Å². The van der Waals surface area contributed by atoms with Gasteiger partial charge in [0.25, 0.3) is 0 Å². The highest BCUT2D eigenvalue weighted by atomic mass is 16.5. The van der Waals surface area contributed by atoms with E-state index in [4.69, 9.17) is 9.47 Å². The van der Waals surface area contributed by atoms with E-state index in [1.54, 1.807) is 0 Å². The second kappa shape index (κ2) is 5.38. The van der Waals surface area contributed by atoms with Crippen molar-refractivity contribution in [1.82, 2.24) is 14.9 Å². The Morgan fingerprint density at radius 3 is 2.89 bits per heavy atom. The minimum absolute atomic E-state index is 0.0929. The number of aryl methyl sites for hydroxylation is 1. The number of hydrogen-bond acceptors (Lipinski definition) is 4. The van der Waals surface area contributed by atoms with Gasteiger partial charge >= 0.3 is 0 Å². The monoisotopic (exact) mass is 251 g/mol. The maximum Gasteiger partial charge on any atom is 0.136 e. The van der Waals surface area contributed by atoms with Gasteiger partial charge < -0.3 is 14.5 Å². The summed E-state index contributed by atoms with van der Waals surface area (Å²) < 4.78 is 11.3. The van der Waals surface area contributed by atoms with Crippen molar-refractivity contribution in [2.45, 2.75) is 31.9 Å². The molecule has 0 spiro atoms. The van der Waals surface area contributed by atoms with Gasteiger partial charge in [0.05, 0.1) is 6.61 Å². The lowest BCUT2D eigenvalue weighted by molar-refractivity contribution is -0.0660. The number of nitrogens with zero attached hydrogens (tertiary/aromatic N) is 2. The maximum absolute atomic E-state index is 5.83. The summed E-state index contributed by atoms with van der Waals surface area (Å²) in [6.45, 7) is 6.58. The maximum atomic E-state index is 5.83. The normalized spacial score (nSPS) is 27.5. The number of morpholine rings is 1. The van der Waals surface area contributed by atoms with Crippen LogP contribution >= 0.6 is 0 Å². The summed E-state index contributed by atoms with van der Waals surface area (Å²) in [5, 5.41) is 0. The molecule has 1 atom stereocenters. The van der Waals surface area contributed by atoms with E-state index in [1.165, 1.54) is 0 Å². The molecule has 18 heavy (non-hydrogen) atoms. The standard InChI is InChI=1S/C13H21N3O2/c1-10-8-14-13(15-10)12-9-16(4-7-18-12)11-2-5-17-6-3-11/h8,11-12H,2-7,9H2,1H3,(H,14,15)/t12-/m1/s1. The van der Waals surface area contributed by atoms with Crippen molar-refractivity contribution in [2.75, 3.05) is 32.9 Å². The van der Waals surface area contributed by atoms with E-state index in [9.17, 15) is 0 Å². The number of aromatic nitrogens is 2. The summed E-state index contributed by atoms with van der Waals surface area (Å²) in [7, 11) is 0. The summed E-state index contributed by atoms with van der Waals surface area (Å²) in [4.78, 5) is 10.2. The van der Waals surface area contributed by atoms with Gasteiger partial charge in [0.15, 0.2) is 0 Å². The van der Waals surface area contributed by atoms with Crippen LogP contribution in [0.2, 0.25) is 0 Å². The second-order valence-electron chi connectivity index (χ2n) is 5.15. The lowest BCUT2D eigenvalue weighted by Crippen LogP contribution is -2.47. The Bertz CT molecular complexity index is 387. The van der Waals surface area contributed by atoms with Gasteiger partial charge in [-0.2, -0.15) is 0 Å². The fourth-order valence-corrected chi connectivity index (χ4v) is 2.81. The number of rotatable bonds is 2. The fraction of sp³-hybridized carbons (Fsp3) is 0.769. The van der Waals surface area contributed by atoms with Crippen LogP contribution in [0.25, 0.3) is 0 Å². The number of aromatic amines is 1. The Kier molecular flexibility index (Phi) is 3.63. The molecule has 2 fully saturated rings. The predicted octanol–water partition coefficient (Wildman–Crippen LogP) is 1.27. The molecule has 0 radical (unpaired) electrons. The number of nitrogens with one attached hydrogen (secondary N) is 1. The number of imidazole rings is 1. The Balaban J connectivity index is 1.64. The summed E-state index contributed by atoms with van der Waals surface area (Å²) in [5.41, 5.74) is 1.09. The van der Waals surface area contributed by atoms with Gasteiger partial charge in [0.1, 0.15) is 11.9 Å². The minimum Gasteiger partial charge on any atom is -0.381 e. The Hall–Kier alpha value is -0.910. The summed E-state index contributed by atoms with van der Waals surface area (Å²) in [6.07, 6.45) is 4.25. The Morgan fingerprint density at radius 1 is 1.33 bits per heavy atom. The molecule has 0 aliphatic carbocycles. The second-order valence-corrected chi connectivity index (χ2v) is 5.15. The summed E-state index contributed by atoms with van der Waals surface area (Å²) in [5.74, 6) is 0.962. The van der Waals surface area contributed by atoms with Gasteiger partial charge in [-0.05, 0) is 19.8 Å². The minimum atomic E-state index is 0.0929. The molecular formula is C13H21N3O2. The molecule has 100 valence electrons. The van der Waals surface area contributed by atoms with Gasteiger partial charge in [-0.15, -0.1) is 0 Å². The SMILES string of the molecule is Cc1cnc([C@H]2CN(C3CCOCC3)CCO2)[nH]1. The lowest BCUT2D eigenvalue weighted by atomic mass is 10.1. The average Bonchev–Trinajstić information content (AvgIpc) is 2.87. The first-order valence-corrected chi connectivity index (χ1v) is 6.78. The lowest BCUT2D eigenvalue weighted by Gasteiger charge is -2.39. The van der Waals surface area contributed by atoms with E-state index in [0.29, 0.717) is 6.04 Å². The third kappa shape index (κ3) is 2.58. The molecule has 0 aromatic carbocycles. The molecule has 1 N–H and O–H groups in total. The van der Waals surface area contributed by atoms with Crippen LogP contribution in [0.1, 0.15) is 30.5 Å². The zero-order valence-corrected chi connectivity index (χ0v) is 10.9. The van der Waals surface area contributed by atoms with Crippen LogP contribution in [-0.2, 0) is 9.47 Å². The highest BCUT2D eigenvalue weighted by molar-refractivity contribution is 5.03. The zero-order valence-electron chi connectivity index (χ0n) is 10.9. The average molecular weight is 251 g/mol. The number of hydrogen-bond donors (Lipinski definition) is 1. The smallest absolute Gasteiger partial charge is 0.136 e. The van der Waals surface area contributed by atoms with Crippen molar-refractivity contribution < 1.29 is 9.47 Å². The van der Waals surface area contributed by atoms with Gasteiger partial charge in [-0.3, -0.25) is 4.90 Å². The van der Waals surface area contributed by atoms with Crippen molar-refractivity contribution in [1.29, 1.82) is 0 Å². The van der Waals surface area contributed by atoms with E-state index in [-0.39, 0.29) is 6.10 Å². The van der Waals surface area contributed by atoms with E-state index in [1.807, 2.05) is 13.1 Å². The van der Waals surface area contributed by atoms with E-state index >= 15 is 0 Å². The Morgan fingerprint density at radius 2 is 2.17 bits per heavy atom. The number of ether oxygens (including phenoxy) is 2. The molecular weight excluding hydrogens is 230 g/mol. The van der Waals surface area contributed by atoms with Crippen LogP contribution in [0.5, 0.6) is 0 Å². The highest BCUT2D eigenvalue weighted by Crippen LogP contribution is 2.24. The highest BCUT2D eigenvalue weighted by Gasteiger charge is 2.29. The third-order valence-corrected chi connectivity index (χ3v) is 3.83. The molecule has 0 unspecified atom stereocenters. The first-order valence-electron chi connectivity index (χ1n) is 6.78. The topological polar surface area (TPSA) is 50.4 Å². The first kappa shape index (κ1) is 12.1. The summed E-state index contributed by atoms with van der Waals surface area (Å²) in [6, 6.07) is 0.654. The predicted molar refractivity (Wildman–Crippen MR) is 67.4 cm³/mol. The number of H-pyrrole nitrogens is 1. The Labute approximate surface area is 107 Å². The molecule has 3 rings (SSSR count). The van der Waals surface area contributed by atoms with Crippen LogP contribution in [0.3, 0.4) is 0 Å². The molecule has 0 saturated carbocycles. The molecule has 2 aliphatic rings. The molecule has 2 aliphatic heterocycles. The quantitative estimate of drug-likeness (QED) is 0.860. The van der Waals surface area contributed by atoms with Crippen molar-refractivity contribution in [3.8, 4) is 0 Å². The molecule has 5 nitrogen and oxygen atoms in total. The van der Waals surface area contributed by atoms with Crippen molar-refractivity contribution in [3.05, 3.63) is 17.7 Å². The van der Waals surface area contributed by atoms with E-state index in [0.717, 1.165) is 57.3 Å². The van der Waals surface area contributed by atoms with Crippen LogP contribution in [-0.4, -0.2) is 53.8 Å². The van der Waals surface area contributed by atoms with Crippen LogP contribution in [0.15, 0.2) is 6.20 Å². The van der Waals surface area contributed by atoms with Crippen molar-refractivity contribution in [2.24, 2.45) is 0 Å². The van der Waals surface area contributed by atoms with E-state index in [2.05, 4.69) is 14.9 Å². The summed E-state index contributed by atoms with van der Waals surface area (Å²) >= 11 is 0. The third-order valence-electron chi connectivity index (χ3n) is 3.83. The molecule has 0 bridgehead atoms. The van der Waals surface area contributed by atoms with Gasteiger partial charge in [-0.25, -0.2) is 4.98 Å². The van der Waals surface area contributed by atoms with Crippen LogP contribution < -0.4 is 0 Å².